The summed E-state index contributed by atoms with van der Waals surface area (Å²) in [7, 11) is -2.57. The van der Waals surface area contributed by atoms with Gasteiger partial charge in [-0.1, -0.05) is 31.1 Å². The Labute approximate surface area is 180 Å². The Morgan fingerprint density at radius 2 is 2.03 bits per heavy atom. The van der Waals surface area contributed by atoms with Crippen molar-refractivity contribution in [1.82, 2.24) is 0 Å². The van der Waals surface area contributed by atoms with Crippen molar-refractivity contribution >= 4 is 25.7 Å². The van der Waals surface area contributed by atoms with Gasteiger partial charge in [-0.3, -0.25) is 4.79 Å². The fourth-order valence-electron chi connectivity index (χ4n) is 7.06. The summed E-state index contributed by atoms with van der Waals surface area (Å²) in [6.07, 6.45) is 12.0. The lowest BCUT2D eigenvalue weighted by Crippen LogP contribution is -2.62. The number of rotatable bonds is 3. The Hall–Kier alpha value is -1.09. The standard InChI is InChI=1S/C23H32ClNO3Si/c1-21-10-7-16(26)13-15(21)5-6-17-18(21)8-11-22(2)19(17)9-12-23(22,27)20(24)29(3,4)28-14-25/h8,13,17,19-20,27H,5-7,9-12H2,1-4H3/t17?,19?,20-,21+,22+,23+/m1/s1. The van der Waals surface area contributed by atoms with Gasteiger partial charge in [0.05, 0.1) is 10.6 Å². The largest absolute Gasteiger partial charge is 0.481 e. The number of carbonyl (C=O) groups excluding carboxylic acids is 1. The lowest BCUT2D eigenvalue weighted by molar-refractivity contribution is -0.115. The van der Waals surface area contributed by atoms with E-state index in [-0.39, 0.29) is 16.6 Å². The molecule has 0 aromatic heterocycles. The van der Waals surface area contributed by atoms with Crippen LogP contribution in [0, 0.1) is 34.2 Å². The highest BCUT2D eigenvalue weighted by Gasteiger charge is 2.66. The van der Waals surface area contributed by atoms with Crippen LogP contribution in [-0.2, 0) is 9.22 Å². The van der Waals surface area contributed by atoms with Crippen molar-refractivity contribution in [3.63, 3.8) is 0 Å². The Balaban J connectivity index is 1.71. The molecule has 29 heavy (non-hydrogen) atoms. The minimum atomic E-state index is -2.57. The molecule has 1 N–H and O–H groups in total. The first-order chi connectivity index (χ1) is 13.5. The Morgan fingerprint density at radius 3 is 2.72 bits per heavy atom. The number of carbonyl (C=O) groups is 1. The van der Waals surface area contributed by atoms with Gasteiger partial charge in [0.2, 0.25) is 0 Å². The molecule has 6 heteroatoms. The Morgan fingerprint density at radius 1 is 1.31 bits per heavy atom. The van der Waals surface area contributed by atoms with Gasteiger partial charge in [0, 0.05) is 17.3 Å². The third kappa shape index (κ3) is 2.82. The molecular weight excluding hydrogens is 402 g/mol. The molecule has 0 aliphatic heterocycles. The summed E-state index contributed by atoms with van der Waals surface area (Å²) in [5.41, 5.74) is 1.44. The molecule has 0 aromatic rings. The van der Waals surface area contributed by atoms with Crippen LogP contribution in [0.4, 0.5) is 0 Å². The third-order valence-electron chi connectivity index (χ3n) is 8.89. The molecule has 158 valence electrons. The maximum atomic E-state index is 12.0. The Bertz CT molecular complexity index is 846. The zero-order valence-corrected chi connectivity index (χ0v) is 19.7. The summed E-state index contributed by atoms with van der Waals surface area (Å²) in [4.78, 5) is 12.0. The van der Waals surface area contributed by atoms with E-state index >= 15 is 0 Å². The summed E-state index contributed by atoms with van der Waals surface area (Å²) in [6, 6.07) is 0. The van der Waals surface area contributed by atoms with Gasteiger partial charge >= 0.3 is 0 Å². The van der Waals surface area contributed by atoms with E-state index in [2.05, 4.69) is 19.9 Å². The lowest BCUT2D eigenvalue weighted by atomic mass is 9.51. The summed E-state index contributed by atoms with van der Waals surface area (Å²) >= 11 is 6.91. The minimum Gasteiger partial charge on any atom is -0.481 e. The van der Waals surface area contributed by atoms with Gasteiger partial charge < -0.3 is 9.53 Å². The predicted octanol–water partition coefficient (Wildman–Crippen LogP) is 5.02. The van der Waals surface area contributed by atoms with E-state index in [1.807, 2.05) is 25.4 Å². The first kappa shape index (κ1) is 21.2. The smallest absolute Gasteiger partial charge is 0.282 e. The number of nitriles is 1. The molecule has 0 radical (unpaired) electrons. The quantitative estimate of drug-likeness (QED) is 0.293. The second-order valence-corrected chi connectivity index (χ2v) is 15.4. The van der Waals surface area contributed by atoms with E-state index in [0.29, 0.717) is 24.7 Å². The normalized spacial score (nSPS) is 42.6. The monoisotopic (exact) mass is 433 g/mol. The number of aliphatic hydroxyl groups is 1. The average molecular weight is 434 g/mol. The van der Waals surface area contributed by atoms with Crippen molar-refractivity contribution in [2.45, 2.75) is 82.5 Å². The topological polar surface area (TPSA) is 70.3 Å². The highest BCUT2D eigenvalue weighted by molar-refractivity contribution is 6.80. The van der Waals surface area contributed by atoms with Crippen molar-refractivity contribution in [2.24, 2.45) is 22.7 Å². The number of fused-ring (bicyclic) bond motifs is 5. The average Bonchev–Trinajstić information content (AvgIpc) is 2.94. The van der Waals surface area contributed by atoms with Gasteiger partial charge in [0.1, 0.15) is 0 Å². The van der Waals surface area contributed by atoms with Crippen LogP contribution >= 0.6 is 11.6 Å². The van der Waals surface area contributed by atoms with Crippen molar-refractivity contribution < 1.29 is 14.3 Å². The number of halogens is 1. The molecule has 4 aliphatic rings. The number of alkyl halides is 1. The molecule has 2 fully saturated rings. The van der Waals surface area contributed by atoms with Crippen LogP contribution in [-0.4, -0.2) is 29.8 Å². The molecular formula is C23H32ClNO3Si. The molecule has 0 spiro atoms. The number of allylic oxidation sites excluding steroid dienone is 4. The van der Waals surface area contributed by atoms with Crippen LogP contribution in [0.3, 0.4) is 0 Å². The number of ketones is 1. The molecule has 0 aromatic carbocycles. The van der Waals surface area contributed by atoms with Gasteiger partial charge in [-0.2, -0.15) is 5.26 Å². The van der Waals surface area contributed by atoms with Crippen LogP contribution in [0.1, 0.15) is 58.8 Å². The molecule has 6 atom stereocenters. The Kier molecular flexibility index (Phi) is 4.89. The number of nitrogens with zero attached hydrogens (tertiary/aromatic N) is 1. The molecule has 0 bridgehead atoms. The summed E-state index contributed by atoms with van der Waals surface area (Å²) in [6.45, 7) is 8.35. The summed E-state index contributed by atoms with van der Waals surface area (Å²) < 4.78 is 5.39. The van der Waals surface area contributed by atoms with Gasteiger partial charge in [-0.15, -0.1) is 11.6 Å². The van der Waals surface area contributed by atoms with Crippen LogP contribution in [0.5, 0.6) is 0 Å². The second kappa shape index (κ2) is 6.70. The minimum absolute atomic E-state index is 0.00281. The molecule has 0 saturated heterocycles. The molecule has 2 saturated carbocycles. The van der Waals surface area contributed by atoms with Crippen LogP contribution in [0.15, 0.2) is 23.3 Å². The van der Waals surface area contributed by atoms with Gasteiger partial charge in [-0.05, 0) is 69.5 Å². The molecule has 0 amide bonds. The van der Waals surface area contributed by atoms with E-state index < -0.39 is 18.9 Å². The van der Waals surface area contributed by atoms with Gasteiger partial charge in [0.15, 0.2) is 5.78 Å². The van der Waals surface area contributed by atoms with Gasteiger partial charge in [0.25, 0.3) is 14.6 Å². The predicted molar refractivity (Wildman–Crippen MR) is 115 cm³/mol. The van der Waals surface area contributed by atoms with Crippen LogP contribution < -0.4 is 0 Å². The van der Waals surface area contributed by atoms with E-state index in [0.717, 1.165) is 32.1 Å². The van der Waals surface area contributed by atoms with Crippen molar-refractivity contribution in [2.75, 3.05) is 0 Å². The second-order valence-electron chi connectivity index (χ2n) is 10.6. The zero-order valence-electron chi connectivity index (χ0n) is 17.9. The highest BCUT2D eigenvalue weighted by atomic mass is 35.5. The fourth-order valence-corrected chi connectivity index (χ4v) is 9.52. The summed E-state index contributed by atoms with van der Waals surface area (Å²) in [5, 5.41) is 20.5. The molecule has 0 heterocycles. The SMILES string of the molecule is C[C@]12CCC(=O)C=C1CCC1C2=CC[C@@]2(C)C1CC[C@]2(O)[C@H](Cl)[Si](C)(C)OC#N. The lowest BCUT2D eigenvalue weighted by Gasteiger charge is -2.56. The first-order valence-corrected chi connectivity index (χ1v) is 14.3. The maximum absolute atomic E-state index is 12.0. The molecule has 4 nitrogen and oxygen atoms in total. The number of hydrogen-bond acceptors (Lipinski definition) is 4. The fraction of sp³-hybridized carbons (Fsp3) is 0.739. The van der Waals surface area contributed by atoms with Crippen LogP contribution in [0.25, 0.3) is 0 Å². The highest BCUT2D eigenvalue weighted by Crippen LogP contribution is 2.66. The molecule has 4 rings (SSSR count). The maximum Gasteiger partial charge on any atom is 0.282 e. The van der Waals surface area contributed by atoms with E-state index in [1.54, 1.807) is 0 Å². The van der Waals surface area contributed by atoms with Gasteiger partial charge in [-0.25, -0.2) is 0 Å². The zero-order chi connectivity index (χ0) is 21.2. The first-order valence-electron chi connectivity index (χ1n) is 10.9. The molecule has 4 aliphatic carbocycles. The number of hydrogen-bond donors (Lipinski definition) is 1. The molecule has 2 unspecified atom stereocenters. The summed E-state index contributed by atoms with van der Waals surface area (Å²) in [5.74, 6) is 1.07. The van der Waals surface area contributed by atoms with Crippen LogP contribution in [0.2, 0.25) is 13.1 Å². The van der Waals surface area contributed by atoms with E-state index in [9.17, 15) is 9.90 Å². The van der Waals surface area contributed by atoms with Crippen molar-refractivity contribution in [3.05, 3.63) is 23.3 Å². The van der Waals surface area contributed by atoms with E-state index in [1.165, 1.54) is 11.1 Å². The third-order valence-corrected chi connectivity index (χ3v) is 13.1. The van der Waals surface area contributed by atoms with E-state index in [4.69, 9.17) is 21.3 Å². The van der Waals surface area contributed by atoms with Crippen molar-refractivity contribution in [3.8, 4) is 6.26 Å². The van der Waals surface area contributed by atoms with Crippen molar-refractivity contribution in [1.29, 1.82) is 5.26 Å².